The van der Waals surface area contributed by atoms with E-state index in [0.29, 0.717) is 12.2 Å². The van der Waals surface area contributed by atoms with Gasteiger partial charge in [0.1, 0.15) is 0 Å². The Bertz CT molecular complexity index is 414. The number of nitrogens with zero attached hydrogens (tertiary/aromatic N) is 2. The maximum absolute atomic E-state index is 10.3. The van der Waals surface area contributed by atoms with E-state index in [4.69, 9.17) is 5.73 Å². The molecule has 1 aromatic carbocycles. The Morgan fingerprint density at radius 1 is 1.10 bits per heavy atom. The fourth-order valence-electron chi connectivity index (χ4n) is 2.79. The van der Waals surface area contributed by atoms with Crippen molar-refractivity contribution in [3.8, 4) is 0 Å². The second kappa shape index (κ2) is 7.07. The minimum Gasteiger partial charge on any atom is -0.399 e. The molecule has 0 saturated carbocycles. The number of hydrogen-bond donors (Lipinski definition) is 2. The van der Waals surface area contributed by atoms with Gasteiger partial charge in [-0.3, -0.25) is 4.90 Å². The molecule has 0 aliphatic carbocycles. The summed E-state index contributed by atoms with van der Waals surface area (Å²) in [6.07, 6.45) is -0.449. The normalized spacial score (nSPS) is 19.4. The van der Waals surface area contributed by atoms with Gasteiger partial charge in [0.05, 0.1) is 6.10 Å². The van der Waals surface area contributed by atoms with Gasteiger partial charge in [-0.25, -0.2) is 0 Å². The van der Waals surface area contributed by atoms with Crippen molar-refractivity contribution < 1.29 is 5.11 Å². The molecule has 0 radical (unpaired) electrons. The number of nitrogens with two attached hydrogens (primary N) is 1. The van der Waals surface area contributed by atoms with Gasteiger partial charge in [-0.05, 0) is 23.6 Å². The minimum absolute atomic E-state index is 0.449. The quantitative estimate of drug-likeness (QED) is 0.802. The zero-order chi connectivity index (χ0) is 14.5. The zero-order valence-electron chi connectivity index (χ0n) is 12.6. The fourth-order valence-corrected chi connectivity index (χ4v) is 2.79. The summed E-state index contributed by atoms with van der Waals surface area (Å²) in [5.74, 6) is 0.722. The van der Waals surface area contributed by atoms with E-state index in [0.717, 1.165) is 37.7 Å². The molecule has 112 valence electrons. The molecule has 0 aromatic heterocycles. The molecule has 1 unspecified atom stereocenters. The van der Waals surface area contributed by atoms with E-state index >= 15 is 0 Å². The highest BCUT2D eigenvalue weighted by Crippen LogP contribution is 2.18. The van der Waals surface area contributed by atoms with E-state index in [9.17, 15) is 5.11 Å². The van der Waals surface area contributed by atoms with Gasteiger partial charge in [-0.15, -0.1) is 0 Å². The first-order chi connectivity index (χ1) is 9.54. The first-order valence-electron chi connectivity index (χ1n) is 7.53. The van der Waals surface area contributed by atoms with E-state index in [-0.39, 0.29) is 0 Å². The summed E-state index contributed by atoms with van der Waals surface area (Å²) >= 11 is 0. The topological polar surface area (TPSA) is 52.7 Å². The Hall–Kier alpha value is -1.10. The second-order valence-electron chi connectivity index (χ2n) is 6.18. The monoisotopic (exact) mass is 277 g/mol. The molecule has 1 fully saturated rings. The average molecular weight is 277 g/mol. The van der Waals surface area contributed by atoms with Gasteiger partial charge in [-0.1, -0.05) is 26.0 Å². The lowest BCUT2D eigenvalue weighted by atomic mass is 10.1. The van der Waals surface area contributed by atoms with E-state index in [2.05, 4.69) is 23.6 Å². The van der Waals surface area contributed by atoms with E-state index in [1.165, 1.54) is 6.54 Å². The van der Waals surface area contributed by atoms with Gasteiger partial charge in [-0.2, -0.15) is 0 Å². The predicted octanol–water partition coefficient (Wildman–Crippen LogP) is 1.58. The highest BCUT2D eigenvalue weighted by molar-refractivity contribution is 5.41. The van der Waals surface area contributed by atoms with Crippen LogP contribution in [0.3, 0.4) is 0 Å². The van der Waals surface area contributed by atoms with Crippen LogP contribution in [-0.4, -0.2) is 54.2 Å². The van der Waals surface area contributed by atoms with Gasteiger partial charge >= 0.3 is 0 Å². The molecular weight excluding hydrogens is 250 g/mol. The summed E-state index contributed by atoms with van der Waals surface area (Å²) in [6, 6.07) is 7.55. The lowest BCUT2D eigenvalue weighted by Crippen LogP contribution is -2.48. The van der Waals surface area contributed by atoms with Crippen LogP contribution in [0.15, 0.2) is 24.3 Å². The number of anilines is 1. The molecule has 4 heteroatoms. The lowest BCUT2D eigenvalue weighted by Gasteiger charge is -2.36. The number of β-amino-alcohol motifs (C(OH)–C–C–N with tert-alkyl or cyclic N) is 1. The molecule has 1 heterocycles. The summed E-state index contributed by atoms with van der Waals surface area (Å²) in [6.45, 7) is 10.7. The molecular formula is C16H27N3O. The van der Waals surface area contributed by atoms with Crippen molar-refractivity contribution in [3.63, 3.8) is 0 Å². The molecule has 20 heavy (non-hydrogen) atoms. The predicted molar refractivity (Wildman–Crippen MR) is 83.5 cm³/mol. The van der Waals surface area contributed by atoms with Crippen LogP contribution < -0.4 is 5.73 Å². The molecule has 1 aromatic rings. The van der Waals surface area contributed by atoms with Crippen LogP contribution in [0, 0.1) is 5.92 Å². The molecule has 0 amide bonds. The highest BCUT2D eigenvalue weighted by Gasteiger charge is 2.20. The van der Waals surface area contributed by atoms with Crippen LogP contribution in [-0.2, 0) is 0 Å². The third-order valence-electron chi connectivity index (χ3n) is 3.81. The molecule has 1 atom stereocenters. The molecule has 1 aliphatic heterocycles. The lowest BCUT2D eigenvalue weighted by molar-refractivity contribution is 0.0687. The number of nitrogen functional groups attached to an aromatic ring is 1. The van der Waals surface area contributed by atoms with Crippen molar-refractivity contribution >= 4 is 5.69 Å². The molecule has 0 bridgehead atoms. The first-order valence-corrected chi connectivity index (χ1v) is 7.53. The number of hydrogen-bond acceptors (Lipinski definition) is 4. The summed E-state index contributed by atoms with van der Waals surface area (Å²) in [4.78, 5) is 4.85. The number of aliphatic hydroxyl groups is 1. The Morgan fingerprint density at radius 2 is 1.70 bits per heavy atom. The molecule has 2 rings (SSSR count). The summed E-state index contributed by atoms with van der Waals surface area (Å²) in [5, 5.41) is 10.3. The Labute approximate surface area is 122 Å². The van der Waals surface area contributed by atoms with Crippen molar-refractivity contribution in [2.45, 2.75) is 20.0 Å². The fraction of sp³-hybridized carbons (Fsp3) is 0.625. The number of rotatable bonds is 5. The number of aliphatic hydroxyl groups excluding tert-OH is 1. The highest BCUT2D eigenvalue weighted by atomic mass is 16.3. The van der Waals surface area contributed by atoms with Crippen LogP contribution in [0.2, 0.25) is 0 Å². The van der Waals surface area contributed by atoms with Gasteiger partial charge < -0.3 is 15.7 Å². The number of piperazine rings is 1. The van der Waals surface area contributed by atoms with Crippen molar-refractivity contribution in [1.82, 2.24) is 9.80 Å². The van der Waals surface area contributed by atoms with Crippen LogP contribution in [0.5, 0.6) is 0 Å². The van der Waals surface area contributed by atoms with Crippen molar-refractivity contribution in [1.29, 1.82) is 0 Å². The zero-order valence-corrected chi connectivity index (χ0v) is 12.6. The van der Waals surface area contributed by atoms with E-state index < -0.39 is 6.10 Å². The van der Waals surface area contributed by atoms with Crippen molar-refractivity contribution in [2.24, 2.45) is 5.92 Å². The Kier molecular flexibility index (Phi) is 5.40. The van der Waals surface area contributed by atoms with Crippen LogP contribution >= 0.6 is 0 Å². The Balaban J connectivity index is 1.80. The first kappa shape index (κ1) is 15.3. The van der Waals surface area contributed by atoms with Crippen molar-refractivity contribution in [3.05, 3.63) is 29.8 Å². The summed E-state index contributed by atoms with van der Waals surface area (Å²) in [7, 11) is 0. The van der Waals surface area contributed by atoms with Crippen LogP contribution in [0.25, 0.3) is 0 Å². The molecule has 3 N–H and O–H groups in total. The summed E-state index contributed by atoms with van der Waals surface area (Å²) < 4.78 is 0. The smallest absolute Gasteiger partial charge is 0.0917 e. The maximum atomic E-state index is 10.3. The number of benzene rings is 1. The molecule has 1 aliphatic rings. The largest absolute Gasteiger partial charge is 0.399 e. The SMILES string of the molecule is CC(C)CN1CCN(CC(O)c2cccc(N)c2)CC1. The van der Waals surface area contributed by atoms with Crippen molar-refractivity contribution in [2.75, 3.05) is 45.0 Å². The standard InChI is InChI=1S/C16H27N3O/c1-13(2)11-18-6-8-19(9-7-18)12-16(20)14-4-3-5-15(17)10-14/h3-5,10,13,16,20H,6-9,11-12,17H2,1-2H3. The van der Waals surface area contributed by atoms with E-state index in [1.54, 1.807) is 0 Å². The second-order valence-corrected chi connectivity index (χ2v) is 6.18. The molecule has 4 nitrogen and oxygen atoms in total. The third-order valence-corrected chi connectivity index (χ3v) is 3.81. The van der Waals surface area contributed by atoms with E-state index in [1.807, 2.05) is 24.3 Å². The van der Waals surface area contributed by atoms with Crippen LogP contribution in [0.1, 0.15) is 25.5 Å². The van der Waals surface area contributed by atoms with Gasteiger partial charge in [0.2, 0.25) is 0 Å². The Morgan fingerprint density at radius 3 is 2.25 bits per heavy atom. The minimum atomic E-state index is -0.449. The molecule has 0 spiro atoms. The molecule has 1 saturated heterocycles. The van der Waals surface area contributed by atoms with Gasteiger partial charge in [0.25, 0.3) is 0 Å². The summed E-state index contributed by atoms with van der Waals surface area (Å²) in [5.41, 5.74) is 7.39. The van der Waals surface area contributed by atoms with Gasteiger partial charge in [0.15, 0.2) is 0 Å². The maximum Gasteiger partial charge on any atom is 0.0917 e. The van der Waals surface area contributed by atoms with Gasteiger partial charge in [0, 0.05) is 45.0 Å². The average Bonchev–Trinajstić information content (AvgIpc) is 2.40. The third kappa shape index (κ3) is 4.47. The van der Waals surface area contributed by atoms with Crippen LogP contribution in [0.4, 0.5) is 5.69 Å².